The topological polar surface area (TPSA) is 430 Å². The molecule has 0 spiro atoms. The molecule has 0 aliphatic carbocycles. The number of methoxy groups -OCH3 is 1. The Labute approximate surface area is 592 Å². The Bertz CT molecular complexity index is 3130. The number of carbonyl (C=O) groups is 9. The van der Waals surface area contributed by atoms with Crippen LogP contribution in [0, 0.1) is 38.5 Å². The van der Waals surface area contributed by atoms with Gasteiger partial charge in [0.15, 0.2) is 6.04 Å². The molecule has 0 bridgehead atoms. The molecule has 572 valence electrons. The summed E-state index contributed by atoms with van der Waals surface area (Å²) < 4.78 is 64.9. The minimum absolute atomic E-state index is 0.0161. The lowest BCUT2D eigenvalue weighted by Gasteiger charge is -2.35. The smallest absolute Gasteiger partial charge is 0.408 e. The number of aliphatic imine (C=N–C) groups is 1. The number of aliphatic hydroxyl groups is 2. The average Bonchev–Trinajstić information content (AvgIpc) is 0.746. The van der Waals surface area contributed by atoms with Crippen LogP contribution in [0.25, 0.3) is 0 Å². The van der Waals surface area contributed by atoms with Gasteiger partial charge in [-0.05, 0) is 197 Å². The summed E-state index contributed by atoms with van der Waals surface area (Å²) in [7, 11) is -3.21. The lowest BCUT2D eigenvalue weighted by molar-refractivity contribution is -0.149. The molecule has 1 aromatic carbocycles. The van der Waals surface area contributed by atoms with Crippen LogP contribution in [0.2, 0.25) is 0 Å². The van der Waals surface area contributed by atoms with Crippen molar-refractivity contribution >= 4 is 69.4 Å². The molecule has 0 fully saturated rings. The molecule has 0 saturated heterocycles. The maximum atomic E-state index is 14.9. The van der Waals surface area contributed by atoms with Gasteiger partial charge in [0.05, 0.1) is 60.8 Å². The number of sulfonamides is 1. The number of hydrogen-bond acceptors (Lipinski definition) is 20. The molecular formula is C69H121N11O19S. The van der Waals surface area contributed by atoms with Crippen LogP contribution in [0.5, 0.6) is 5.75 Å². The van der Waals surface area contributed by atoms with E-state index in [1.165, 1.54) is 6.92 Å². The molecule has 0 aromatic heterocycles. The van der Waals surface area contributed by atoms with E-state index < -0.39 is 183 Å². The van der Waals surface area contributed by atoms with Crippen LogP contribution in [0.4, 0.5) is 4.79 Å². The maximum absolute atomic E-state index is 14.9. The van der Waals surface area contributed by atoms with Crippen molar-refractivity contribution in [2.45, 2.75) is 298 Å². The number of carbonyl (C=O) groups excluding carboxylic acids is 9. The Morgan fingerprint density at radius 2 is 1.03 bits per heavy atom. The van der Waals surface area contributed by atoms with E-state index in [9.17, 15) is 61.8 Å². The van der Waals surface area contributed by atoms with Crippen molar-refractivity contribution in [2.24, 2.45) is 28.5 Å². The Hall–Kier alpha value is -6.93. The van der Waals surface area contributed by atoms with Crippen molar-refractivity contribution in [2.75, 3.05) is 33.5 Å². The summed E-state index contributed by atoms with van der Waals surface area (Å²) in [5.41, 5.74) is 4.70. The molecule has 1 aliphatic heterocycles. The second kappa shape index (κ2) is 37.8. The van der Waals surface area contributed by atoms with Gasteiger partial charge in [0.2, 0.25) is 47.3 Å². The molecule has 8 amide bonds. The maximum Gasteiger partial charge on any atom is 0.408 e. The third kappa shape index (κ3) is 29.9. The van der Waals surface area contributed by atoms with Crippen LogP contribution in [0.15, 0.2) is 9.89 Å². The number of nitrogens with two attached hydrogens (primary N) is 1. The van der Waals surface area contributed by atoms with Gasteiger partial charge in [0.1, 0.15) is 59.2 Å². The number of alkyl carbamates (subject to hydrolysis) is 1. The fraction of sp³-hybridized carbons (Fsp3) is 0.768. The first-order chi connectivity index (χ1) is 45.6. The molecule has 1 heterocycles. The van der Waals surface area contributed by atoms with Gasteiger partial charge >= 0.3 is 12.1 Å². The molecule has 100 heavy (non-hydrogen) atoms. The van der Waals surface area contributed by atoms with Gasteiger partial charge in [-0.1, -0.05) is 48.0 Å². The second-order valence-electron chi connectivity index (χ2n) is 31.1. The fourth-order valence-electron chi connectivity index (χ4n) is 10.2. The zero-order valence-corrected chi connectivity index (χ0v) is 64.7. The fourth-order valence-corrected chi connectivity index (χ4v) is 11.7. The van der Waals surface area contributed by atoms with Crippen molar-refractivity contribution in [3.8, 4) is 5.75 Å². The van der Waals surface area contributed by atoms with Gasteiger partial charge in [0.25, 0.3) is 10.0 Å². The Balaban J connectivity index is 2.70. The number of esters is 1. The quantitative estimate of drug-likeness (QED) is 0.0200. The second-order valence-corrected chi connectivity index (χ2v) is 32.7. The van der Waals surface area contributed by atoms with Crippen LogP contribution >= 0.6 is 0 Å². The Morgan fingerprint density at radius 3 is 1.50 bits per heavy atom. The summed E-state index contributed by atoms with van der Waals surface area (Å²) in [6.07, 6.45) is -3.07. The minimum Gasteiger partial charge on any atom is -0.487 e. The van der Waals surface area contributed by atoms with Crippen molar-refractivity contribution in [1.82, 2.24) is 47.3 Å². The van der Waals surface area contributed by atoms with Gasteiger partial charge in [-0.15, -0.1) is 0 Å². The first kappa shape index (κ1) is 89.2. The average molecular weight is 1440 g/mol. The number of rotatable bonds is 35. The molecule has 1 aliphatic rings. The number of hydrogen-bond donors (Lipinski definition) is 12. The highest BCUT2D eigenvalue weighted by molar-refractivity contribution is 7.90. The third-order valence-electron chi connectivity index (χ3n) is 16.0. The summed E-state index contributed by atoms with van der Waals surface area (Å²) in [6.45, 7) is 39.1. The van der Waals surface area contributed by atoms with E-state index in [2.05, 4.69) is 52.2 Å². The molecule has 31 heteroatoms. The number of nitrogens with one attached hydrogen (secondary N) is 9. The first-order valence-electron chi connectivity index (χ1n) is 34.3. The molecule has 0 saturated carbocycles. The highest BCUT2D eigenvalue weighted by atomic mass is 32.2. The van der Waals surface area contributed by atoms with Crippen LogP contribution in [0.3, 0.4) is 0 Å². The van der Waals surface area contributed by atoms with Gasteiger partial charge in [-0.25, -0.2) is 22.7 Å². The highest BCUT2D eigenvalue weighted by Crippen LogP contribution is 2.42. The minimum atomic E-state index is -4.34. The van der Waals surface area contributed by atoms with E-state index in [1.54, 1.807) is 145 Å². The van der Waals surface area contributed by atoms with Crippen molar-refractivity contribution in [3.63, 3.8) is 0 Å². The number of nitrogens with zero attached hydrogens (tertiary/aromatic N) is 1. The normalized spacial score (nSPS) is 16.9. The number of fused-ring (bicyclic) bond motifs is 1. The van der Waals surface area contributed by atoms with Crippen LogP contribution in [-0.4, -0.2) is 200 Å². The van der Waals surface area contributed by atoms with Gasteiger partial charge in [-0.3, -0.25) is 38.6 Å². The van der Waals surface area contributed by atoms with E-state index >= 15 is 0 Å². The summed E-state index contributed by atoms with van der Waals surface area (Å²) in [5.74, 6) is -9.08. The Kier molecular flexibility index (Phi) is 33.7. The SMILES string of the molecule is CC[C@H](C)[C@H](NC(=O)[C@@H](CCCN=C(N)NS(=O)(=O)c1c(C)c(C)c2c(c1C)CCC(C)(C)O2)NC(=O)[C@H](CC(C)C)NC(=O)[C@@H](NC(=O)OC(C)(C)C)[C@H](O)C(C)C)C(=O)N[C@H](C(=O)N[C@H](COC(C)(C)C)C(=O)N[C@@H](COC(C)(C)C)C(=O)N[C@@H](COC(C)(C)C)C(=O)OC)[C@H](C)O. The van der Waals surface area contributed by atoms with Crippen molar-refractivity contribution < 1.29 is 90.2 Å². The monoisotopic (exact) mass is 1440 g/mol. The van der Waals surface area contributed by atoms with Gasteiger partial charge in [0, 0.05) is 6.54 Å². The lowest BCUT2D eigenvalue weighted by atomic mass is 9.88. The number of aliphatic hydroxyl groups excluding tert-OH is 2. The lowest BCUT2D eigenvalue weighted by Crippen LogP contribution is -2.63. The van der Waals surface area contributed by atoms with E-state index in [4.69, 9.17) is 34.2 Å². The number of benzene rings is 1. The zero-order chi connectivity index (χ0) is 77.1. The van der Waals surface area contributed by atoms with E-state index in [-0.39, 0.29) is 49.6 Å². The molecule has 2 rings (SSSR count). The van der Waals surface area contributed by atoms with Crippen LogP contribution in [0.1, 0.15) is 200 Å². The summed E-state index contributed by atoms with van der Waals surface area (Å²) in [5, 5.41) is 43.1. The standard InChI is InChI=1S/C69H121N11O19S/c1-26-38(6)49(59(87)78-50(42(10)81)60(88)75-47(34-96-66(14,15)16)57(85)74-46(33-95-65(11,12)13)58(86)76-48(62(90)94-25)35-97-67(17,18)19)77-55(83)44(72-56(84)45(32-36(2)3)73-61(89)51(52(82)37(4)5)79-64(91)99-68(20,21)22)28-27-31-71-63(70)80-100(92,93)54-40(8)39(7)53-43(41(54)9)29-30-69(23,24)98-53/h36-38,42,44-52,81-82H,26-35H2,1-25H3,(H,72,84)(H,73,89)(H,74,85)(H,75,88)(H,76,86)(H,77,83)(H,78,87)(H,79,91)(H3,70,71,80)/t38-,42-,44+,45-,46-,47+,48-,49-,50-,51-,52+/m0/s1. The molecule has 30 nitrogen and oxygen atoms in total. The largest absolute Gasteiger partial charge is 0.487 e. The number of amides is 8. The molecule has 1 aromatic rings. The molecule has 13 N–H and O–H groups in total. The predicted molar refractivity (Wildman–Crippen MR) is 377 cm³/mol. The van der Waals surface area contributed by atoms with Crippen LogP contribution < -0.4 is 57.7 Å². The summed E-state index contributed by atoms with van der Waals surface area (Å²) in [4.78, 5) is 132. The summed E-state index contributed by atoms with van der Waals surface area (Å²) >= 11 is 0. The van der Waals surface area contributed by atoms with Crippen molar-refractivity contribution in [1.29, 1.82) is 0 Å². The Morgan fingerprint density at radius 1 is 0.590 bits per heavy atom. The molecule has 0 radical (unpaired) electrons. The van der Waals surface area contributed by atoms with Crippen LogP contribution in [-0.2, 0) is 78.5 Å². The van der Waals surface area contributed by atoms with E-state index in [0.717, 1.165) is 12.7 Å². The molecule has 0 unspecified atom stereocenters. The number of ether oxygens (including phenoxy) is 6. The molecule has 11 atom stereocenters. The summed E-state index contributed by atoms with van der Waals surface area (Å²) in [6, 6.07) is -12.4. The van der Waals surface area contributed by atoms with E-state index in [1.807, 2.05) is 13.8 Å². The first-order valence-corrected chi connectivity index (χ1v) is 35.8. The van der Waals surface area contributed by atoms with Gasteiger partial charge in [-0.2, -0.15) is 0 Å². The molecular weight excluding hydrogens is 1320 g/mol. The predicted octanol–water partition coefficient (Wildman–Crippen LogP) is 3.48. The highest BCUT2D eigenvalue weighted by Gasteiger charge is 2.41. The zero-order valence-electron chi connectivity index (χ0n) is 63.8. The number of guanidine groups is 1. The van der Waals surface area contributed by atoms with Gasteiger partial charge < -0.3 is 86.9 Å². The third-order valence-corrected chi connectivity index (χ3v) is 17.7. The van der Waals surface area contributed by atoms with Crippen molar-refractivity contribution in [3.05, 3.63) is 22.3 Å². The van der Waals surface area contributed by atoms with E-state index in [0.29, 0.717) is 35.3 Å².